The SMILES string of the molecule is CC(N)c1ccns1.Cl.Cl. The predicted molar refractivity (Wildman–Crippen MR) is 49.2 cm³/mol. The van der Waals surface area contributed by atoms with Crippen LogP contribution in [0, 0.1) is 0 Å². The van der Waals surface area contributed by atoms with Crippen LogP contribution in [0.25, 0.3) is 0 Å². The number of hydrogen-bond acceptors (Lipinski definition) is 3. The predicted octanol–water partition coefficient (Wildman–Crippen LogP) is 2.01. The Morgan fingerprint density at radius 1 is 1.60 bits per heavy atom. The molecule has 0 spiro atoms. The van der Waals surface area contributed by atoms with E-state index in [1.165, 1.54) is 11.5 Å². The highest BCUT2D eigenvalue weighted by Crippen LogP contribution is 2.11. The molecule has 0 bridgehead atoms. The second-order valence-electron chi connectivity index (χ2n) is 1.70. The van der Waals surface area contributed by atoms with Gasteiger partial charge in [-0.15, -0.1) is 24.8 Å². The van der Waals surface area contributed by atoms with Crippen molar-refractivity contribution < 1.29 is 0 Å². The maximum atomic E-state index is 5.53. The van der Waals surface area contributed by atoms with Crippen LogP contribution in [0.4, 0.5) is 0 Å². The van der Waals surface area contributed by atoms with E-state index < -0.39 is 0 Å². The monoisotopic (exact) mass is 200 g/mol. The lowest BCUT2D eigenvalue weighted by Gasteiger charge is -1.95. The molecule has 0 amide bonds. The lowest BCUT2D eigenvalue weighted by Crippen LogP contribution is -2.01. The van der Waals surface area contributed by atoms with E-state index in [1.807, 2.05) is 13.0 Å². The summed E-state index contributed by atoms with van der Waals surface area (Å²) >= 11 is 1.46. The topological polar surface area (TPSA) is 38.9 Å². The van der Waals surface area contributed by atoms with Crippen LogP contribution in [0.5, 0.6) is 0 Å². The first kappa shape index (κ1) is 12.8. The van der Waals surface area contributed by atoms with Crippen LogP contribution in [0.1, 0.15) is 17.8 Å². The van der Waals surface area contributed by atoms with Gasteiger partial charge in [-0.2, -0.15) is 0 Å². The van der Waals surface area contributed by atoms with E-state index in [-0.39, 0.29) is 30.9 Å². The molecule has 0 aliphatic heterocycles. The molecule has 1 aromatic heterocycles. The fourth-order valence-electron chi connectivity index (χ4n) is 0.461. The van der Waals surface area contributed by atoms with E-state index in [0.717, 1.165) is 4.88 Å². The molecule has 1 rings (SSSR count). The number of halogens is 2. The van der Waals surface area contributed by atoms with Crippen molar-refractivity contribution in [2.45, 2.75) is 13.0 Å². The van der Waals surface area contributed by atoms with Gasteiger partial charge in [0.2, 0.25) is 0 Å². The first-order valence-electron chi connectivity index (χ1n) is 2.47. The Kier molecular flexibility index (Phi) is 7.58. The summed E-state index contributed by atoms with van der Waals surface area (Å²) in [5.74, 6) is 0. The minimum Gasteiger partial charge on any atom is -0.323 e. The number of aromatic nitrogens is 1. The van der Waals surface area contributed by atoms with Crippen molar-refractivity contribution in [1.82, 2.24) is 4.37 Å². The van der Waals surface area contributed by atoms with Crippen LogP contribution >= 0.6 is 36.3 Å². The minimum absolute atomic E-state index is 0. The smallest absolute Gasteiger partial charge is 0.0417 e. The van der Waals surface area contributed by atoms with Crippen molar-refractivity contribution in [3.8, 4) is 0 Å². The average Bonchev–Trinajstić information content (AvgIpc) is 2.12. The largest absolute Gasteiger partial charge is 0.323 e. The normalized spacial score (nSPS) is 11.0. The first-order valence-corrected chi connectivity index (χ1v) is 3.24. The lowest BCUT2D eigenvalue weighted by atomic mass is 10.3. The fourth-order valence-corrected chi connectivity index (χ4v) is 0.992. The summed E-state index contributed by atoms with van der Waals surface area (Å²) in [5.41, 5.74) is 5.53. The Labute approximate surface area is 76.8 Å². The van der Waals surface area contributed by atoms with Crippen molar-refractivity contribution >= 4 is 36.3 Å². The standard InChI is InChI=1S/C5H8N2S.2ClH/c1-4(6)5-2-3-7-8-5;;/h2-4H,6H2,1H3;2*1H. The van der Waals surface area contributed by atoms with Crippen LogP contribution in [-0.4, -0.2) is 4.37 Å². The Hall–Kier alpha value is 0.170. The summed E-state index contributed by atoms with van der Waals surface area (Å²) in [5, 5.41) is 0. The average molecular weight is 201 g/mol. The van der Waals surface area contributed by atoms with Gasteiger partial charge in [0, 0.05) is 17.1 Å². The highest BCUT2D eigenvalue weighted by Gasteiger charge is 1.97. The third kappa shape index (κ3) is 3.37. The molecule has 0 fully saturated rings. The Balaban J connectivity index is 0. The second kappa shape index (κ2) is 5.92. The zero-order valence-corrected chi connectivity index (χ0v) is 7.93. The van der Waals surface area contributed by atoms with Gasteiger partial charge in [-0.1, -0.05) is 0 Å². The molecule has 2 N–H and O–H groups in total. The summed E-state index contributed by atoms with van der Waals surface area (Å²) in [4.78, 5) is 1.14. The summed E-state index contributed by atoms with van der Waals surface area (Å²) in [6, 6.07) is 2.08. The molecule has 0 saturated heterocycles. The van der Waals surface area contributed by atoms with Crippen molar-refractivity contribution in [3.05, 3.63) is 17.1 Å². The molecule has 5 heteroatoms. The molecule has 0 radical (unpaired) electrons. The molecule has 0 aliphatic carbocycles. The molecule has 1 atom stereocenters. The van der Waals surface area contributed by atoms with Gasteiger partial charge in [-0.05, 0) is 24.5 Å². The highest BCUT2D eigenvalue weighted by molar-refractivity contribution is 7.05. The molecule has 1 unspecified atom stereocenters. The van der Waals surface area contributed by atoms with E-state index in [0.29, 0.717) is 0 Å². The number of hydrogen-bond donors (Lipinski definition) is 1. The van der Waals surface area contributed by atoms with Gasteiger partial charge in [0.1, 0.15) is 0 Å². The van der Waals surface area contributed by atoms with Crippen molar-refractivity contribution in [2.24, 2.45) is 5.73 Å². The van der Waals surface area contributed by atoms with Crippen molar-refractivity contribution in [1.29, 1.82) is 0 Å². The van der Waals surface area contributed by atoms with Crippen LogP contribution in [0.15, 0.2) is 12.3 Å². The number of nitrogens with two attached hydrogens (primary N) is 1. The van der Waals surface area contributed by atoms with Crippen LogP contribution in [-0.2, 0) is 0 Å². The molecule has 10 heavy (non-hydrogen) atoms. The maximum Gasteiger partial charge on any atom is 0.0417 e. The van der Waals surface area contributed by atoms with Gasteiger partial charge in [-0.3, -0.25) is 0 Å². The van der Waals surface area contributed by atoms with E-state index in [2.05, 4.69) is 4.37 Å². The molecular weight excluding hydrogens is 191 g/mol. The van der Waals surface area contributed by atoms with E-state index in [1.54, 1.807) is 6.20 Å². The molecule has 60 valence electrons. The quantitative estimate of drug-likeness (QED) is 0.754. The van der Waals surface area contributed by atoms with Crippen molar-refractivity contribution in [3.63, 3.8) is 0 Å². The van der Waals surface area contributed by atoms with Crippen LogP contribution < -0.4 is 5.73 Å². The van der Waals surface area contributed by atoms with Gasteiger partial charge in [0.25, 0.3) is 0 Å². The summed E-state index contributed by atoms with van der Waals surface area (Å²) in [6.45, 7) is 1.95. The Morgan fingerprint density at radius 3 is 2.40 bits per heavy atom. The van der Waals surface area contributed by atoms with Gasteiger partial charge >= 0.3 is 0 Å². The molecular formula is C5H10Cl2N2S. The number of nitrogens with zero attached hydrogens (tertiary/aromatic N) is 1. The summed E-state index contributed by atoms with van der Waals surface area (Å²) < 4.78 is 3.91. The molecule has 1 aromatic rings. The number of rotatable bonds is 1. The zero-order chi connectivity index (χ0) is 5.98. The molecule has 0 aromatic carbocycles. The zero-order valence-electron chi connectivity index (χ0n) is 5.48. The fraction of sp³-hybridized carbons (Fsp3) is 0.400. The third-order valence-electron chi connectivity index (χ3n) is 0.907. The highest BCUT2D eigenvalue weighted by atomic mass is 35.5. The first-order chi connectivity index (χ1) is 3.80. The molecule has 0 saturated carbocycles. The van der Waals surface area contributed by atoms with Crippen LogP contribution in [0.2, 0.25) is 0 Å². The molecule has 1 heterocycles. The second-order valence-corrected chi connectivity index (χ2v) is 2.57. The van der Waals surface area contributed by atoms with Crippen molar-refractivity contribution in [2.75, 3.05) is 0 Å². The van der Waals surface area contributed by atoms with E-state index >= 15 is 0 Å². The Bertz CT molecular complexity index is 153. The van der Waals surface area contributed by atoms with Crippen LogP contribution in [0.3, 0.4) is 0 Å². The van der Waals surface area contributed by atoms with E-state index in [4.69, 9.17) is 5.73 Å². The Morgan fingerprint density at radius 2 is 2.20 bits per heavy atom. The van der Waals surface area contributed by atoms with Gasteiger partial charge in [0.15, 0.2) is 0 Å². The molecule has 0 aliphatic rings. The van der Waals surface area contributed by atoms with Gasteiger partial charge in [-0.25, -0.2) is 4.37 Å². The summed E-state index contributed by atoms with van der Waals surface area (Å²) in [7, 11) is 0. The van der Waals surface area contributed by atoms with Gasteiger partial charge < -0.3 is 5.73 Å². The third-order valence-corrected chi connectivity index (χ3v) is 1.85. The molecule has 2 nitrogen and oxygen atoms in total. The lowest BCUT2D eigenvalue weighted by molar-refractivity contribution is 0.838. The van der Waals surface area contributed by atoms with E-state index in [9.17, 15) is 0 Å². The van der Waals surface area contributed by atoms with Gasteiger partial charge in [0.05, 0.1) is 0 Å². The minimum atomic E-state index is 0. The maximum absolute atomic E-state index is 5.53. The summed E-state index contributed by atoms with van der Waals surface area (Å²) in [6.07, 6.45) is 1.77.